The molecule has 1 heterocycles. The molecule has 2 rings (SSSR count). The van der Waals surface area contributed by atoms with Crippen LogP contribution in [-0.2, 0) is 0 Å². The van der Waals surface area contributed by atoms with Crippen LogP contribution in [0.25, 0.3) is 0 Å². The van der Waals surface area contributed by atoms with E-state index in [9.17, 15) is 0 Å². The van der Waals surface area contributed by atoms with Gasteiger partial charge in [0.25, 0.3) is 0 Å². The third kappa shape index (κ3) is 2.61. The molecule has 0 radical (unpaired) electrons. The summed E-state index contributed by atoms with van der Waals surface area (Å²) >= 11 is 1.75. The number of thiophene rings is 1. The fraction of sp³-hybridized carbons (Fsp3) is 0.692. The molecular formula is C13H21NS. The van der Waals surface area contributed by atoms with Gasteiger partial charge in [0.1, 0.15) is 0 Å². The third-order valence-electron chi connectivity index (χ3n) is 3.65. The Kier molecular flexibility index (Phi) is 3.47. The van der Waals surface area contributed by atoms with E-state index in [-0.39, 0.29) is 6.04 Å². The minimum Gasteiger partial charge on any atom is -0.324 e. The molecular weight excluding hydrogens is 202 g/mol. The van der Waals surface area contributed by atoms with Crippen molar-refractivity contribution in [2.24, 2.45) is 23.5 Å². The van der Waals surface area contributed by atoms with Gasteiger partial charge in [0.2, 0.25) is 0 Å². The number of hydrogen-bond acceptors (Lipinski definition) is 2. The van der Waals surface area contributed by atoms with Crippen molar-refractivity contribution in [1.29, 1.82) is 0 Å². The Morgan fingerprint density at radius 1 is 1.27 bits per heavy atom. The molecule has 1 aliphatic rings. The first-order chi connectivity index (χ1) is 7.16. The lowest BCUT2D eigenvalue weighted by molar-refractivity contribution is 0.193. The zero-order valence-corrected chi connectivity index (χ0v) is 10.5. The molecule has 0 aliphatic heterocycles. The molecule has 84 valence electrons. The number of rotatable bonds is 2. The topological polar surface area (TPSA) is 26.0 Å². The highest BCUT2D eigenvalue weighted by molar-refractivity contribution is 7.07. The summed E-state index contributed by atoms with van der Waals surface area (Å²) in [6.07, 6.45) is 4.00. The maximum Gasteiger partial charge on any atom is 0.0332 e. The van der Waals surface area contributed by atoms with Gasteiger partial charge in [-0.3, -0.25) is 0 Å². The molecule has 0 amide bonds. The Hall–Kier alpha value is -0.340. The fourth-order valence-corrected chi connectivity index (χ4v) is 3.75. The zero-order chi connectivity index (χ0) is 10.8. The van der Waals surface area contributed by atoms with Gasteiger partial charge in [-0.15, -0.1) is 0 Å². The van der Waals surface area contributed by atoms with Crippen LogP contribution in [0.15, 0.2) is 16.8 Å². The lowest BCUT2D eigenvalue weighted by atomic mass is 9.73. The summed E-state index contributed by atoms with van der Waals surface area (Å²) in [4.78, 5) is 0. The molecule has 1 aromatic rings. The Bertz CT molecular complexity index is 283. The van der Waals surface area contributed by atoms with Crippen molar-refractivity contribution in [2.45, 2.75) is 39.2 Å². The largest absolute Gasteiger partial charge is 0.324 e. The standard InChI is InChI=1S/C13H21NS/c1-9-5-10(2)7-12(6-9)13(14)11-3-4-15-8-11/h3-4,8-10,12-13H,5-7,14H2,1-2H3. The molecule has 1 aromatic heterocycles. The summed E-state index contributed by atoms with van der Waals surface area (Å²) in [5.41, 5.74) is 7.68. The highest BCUT2D eigenvalue weighted by Gasteiger charge is 2.28. The fourth-order valence-electron chi connectivity index (χ4n) is 3.04. The Labute approximate surface area is 96.7 Å². The zero-order valence-electron chi connectivity index (χ0n) is 9.65. The second-order valence-corrected chi connectivity index (χ2v) is 6.04. The lowest BCUT2D eigenvalue weighted by Crippen LogP contribution is -2.28. The Morgan fingerprint density at radius 3 is 2.47 bits per heavy atom. The molecule has 15 heavy (non-hydrogen) atoms. The summed E-state index contributed by atoms with van der Waals surface area (Å²) in [6.45, 7) is 4.73. The SMILES string of the molecule is CC1CC(C)CC(C(N)c2ccsc2)C1. The van der Waals surface area contributed by atoms with Gasteiger partial charge in [-0.1, -0.05) is 13.8 Å². The van der Waals surface area contributed by atoms with Crippen LogP contribution in [0.1, 0.15) is 44.7 Å². The van der Waals surface area contributed by atoms with E-state index in [1.807, 2.05) is 0 Å². The van der Waals surface area contributed by atoms with Gasteiger partial charge in [0.05, 0.1) is 0 Å². The second kappa shape index (κ2) is 4.67. The maximum absolute atomic E-state index is 6.35. The van der Waals surface area contributed by atoms with E-state index in [0.29, 0.717) is 5.92 Å². The monoisotopic (exact) mass is 223 g/mol. The Morgan fingerprint density at radius 2 is 1.93 bits per heavy atom. The molecule has 1 fully saturated rings. The maximum atomic E-state index is 6.35. The molecule has 1 saturated carbocycles. The van der Waals surface area contributed by atoms with E-state index < -0.39 is 0 Å². The Balaban J connectivity index is 2.03. The van der Waals surface area contributed by atoms with Crippen molar-refractivity contribution in [1.82, 2.24) is 0 Å². The van der Waals surface area contributed by atoms with Crippen molar-refractivity contribution >= 4 is 11.3 Å². The van der Waals surface area contributed by atoms with E-state index in [2.05, 4.69) is 30.7 Å². The van der Waals surface area contributed by atoms with E-state index in [0.717, 1.165) is 11.8 Å². The average Bonchev–Trinajstić information content (AvgIpc) is 2.67. The first-order valence-corrected chi connectivity index (χ1v) is 6.88. The van der Waals surface area contributed by atoms with Crippen molar-refractivity contribution in [2.75, 3.05) is 0 Å². The average molecular weight is 223 g/mol. The van der Waals surface area contributed by atoms with E-state index in [1.165, 1.54) is 24.8 Å². The van der Waals surface area contributed by atoms with Crippen LogP contribution in [0.4, 0.5) is 0 Å². The highest BCUT2D eigenvalue weighted by Crippen LogP contribution is 2.38. The minimum absolute atomic E-state index is 0.265. The van der Waals surface area contributed by atoms with Gasteiger partial charge in [-0.05, 0) is 59.4 Å². The van der Waals surface area contributed by atoms with E-state index in [1.54, 1.807) is 11.3 Å². The molecule has 0 bridgehead atoms. The summed E-state index contributed by atoms with van der Waals surface area (Å²) in [6, 6.07) is 2.45. The number of nitrogens with two attached hydrogens (primary N) is 1. The molecule has 0 spiro atoms. The predicted molar refractivity (Wildman–Crippen MR) is 66.9 cm³/mol. The lowest BCUT2D eigenvalue weighted by Gasteiger charge is -2.34. The summed E-state index contributed by atoms with van der Waals surface area (Å²) in [7, 11) is 0. The van der Waals surface area contributed by atoms with Crippen molar-refractivity contribution < 1.29 is 0 Å². The van der Waals surface area contributed by atoms with Gasteiger partial charge >= 0.3 is 0 Å². The smallest absolute Gasteiger partial charge is 0.0332 e. The first kappa shape index (κ1) is 11.2. The predicted octanol–water partition coefficient (Wildman–Crippen LogP) is 3.82. The second-order valence-electron chi connectivity index (χ2n) is 5.26. The van der Waals surface area contributed by atoms with Crippen LogP contribution in [0.5, 0.6) is 0 Å². The van der Waals surface area contributed by atoms with Gasteiger partial charge in [-0.2, -0.15) is 11.3 Å². The molecule has 3 atom stereocenters. The molecule has 2 N–H and O–H groups in total. The molecule has 1 nitrogen and oxygen atoms in total. The summed E-state index contributed by atoms with van der Waals surface area (Å²) in [5, 5.41) is 4.33. The van der Waals surface area contributed by atoms with Gasteiger partial charge in [0, 0.05) is 6.04 Å². The quantitative estimate of drug-likeness (QED) is 0.810. The van der Waals surface area contributed by atoms with Crippen molar-refractivity contribution in [3.63, 3.8) is 0 Å². The van der Waals surface area contributed by atoms with E-state index in [4.69, 9.17) is 5.73 Å². The van der Waals surface area contributed by atoms with E-state index >= 15 is 0 Å². The van der Waals surface area contributed by atoms with Crippen molar-refractivity contribution in [3.8, 4) is 0 Å². The number of hydrogen-bond donors (Lipinski definition) is 1. The van der Waals surface area contributed by atoms with Gasteiger partial charge in [0.15, 0.2) is 0 Å². The molecule has 0 aromatic carbocycles. The van der Waals surface area contributed by atoms with Gasteiger partial charge in [-0.25, -0.2) is 0 Å². The third-order valence-corrected chi connectivity index (χ3v) is 4.35. The van der Waals surface area contributed by atoms with Gasteiger partial charge < -0.3 is 5.73 Å². The molecule has 3 unspecified atom stereocenters. The van der Waals surface area contributed by atoms with Crippen LogP contribution in [0, 0.1) is 17.8 Å². The van der Waals surface area contributed by atoms with Crippen LogP contribution in [-0.4, -0.2) is 0 Å². The first-order valence-electron chi connectivity index (χ1n) is 5.94. The summed E-state index contributed by atoms with van der Waals surface area (Å²) in [5.74, 6) is 2.39. The minimum atomic E-state index is 0.265. The normalized spacial score (nSPS) is 33.9. The highest BCUT2D eigenvalue weighted by atomic mass is 32.1. The van der Waals surface area contributed by atoms with Crippen LogP contribution in [0.2, 0.25) is 0 Å². The summed E-state index contributed by atoms with van der Waals surface area (Å²) < 4.78 is 0. The van der Waals surface area contributed by atoms with Crippen LogP contribution in [0.3, 0.4) is 0 Å². The molecule has 0 saturated heterocycles. The molecule has 1 aliphatic carbocycles. The van der Waals surface area contributed by atoms with Crippen molar-refractivity contribution in [3.05, 3.63) is 22.4 Å². The van der Waals surface area contributed by atoms with Crippen LogP contribution >= 0.6 is 11.3 Å². The molecule has 2 heteroatoms. The van der Waals surface area contributed by atoms with Crippen LogP contribution < -0.4 is 5.73 Å².